The lowest BCUT2D eigenvalue weighted by atomic mass is 10.0. The van der Waals surface area contributed by atoms with E-state index in [1.807, 2.05) is 0 Å². The minimum atomic E-state index is -4.85. The van der Waals surface area contributed by atoms with Gasteiger partial charge in [-0.25, -0.2) is 18.9 Å². The van der Waals surface area contributed by atoms with Crippen LogP contribution < -0.4 is 15.0 Å². The predicted molar refractivity (Wildman–Crippen MR) is 157 cm³/mol. The first-order valence-electron chi connectivity index (χ1n) is 13.3. The summed E-state index contributed by atoms with van der Waals surface area (Å²) in [5.74, 6) is -2.06. The van der Waals surface area contributed by atoms with Gasteiger partial charge in [0.05, 0.1) is 22.8 Å². The fourth-order valence-electron chi connectivity index (χ4n) is 4.49. The van der Waals surface area contributed by atoms with Gasteiger partial charge in [0, 0.05) is 24.3 Å². The maximum Gasteiger partial charge on any atom is 0.573 e. The van der Waals surface area contributed by atoms with Gasteiger partial charge >= 0.3 is 18.6 Å². The van der Waals surface area contributed by atoms with Gasteiger partial charge in [-0.3, -0.25) is 9.69 Å². The Balaban J connectivity index is 1.33. The SMILES string of the molecule is COC(c1ccc(C)cc1N1C(=O)CSC1=NC(=O)Nc1ccc(-n2cnc(-c3ccc(OC(F)(F)F)cc3)n2)cc1F)C(F)(F)F. The molecule has 0 aliphatic carbocycles. The summed E-state index contributed by atoms with van der Waals surface area (Å²) in [4.78, 5) is 34.4. The van der Waals surface area contributed by atoms with E-state index in [1.165, 1.54) is 53.5 Å². The number of carbonyl (C=O) groups excluding carboxylic acids is 2. The third-order valence-corrected chi connectivity index (χ3v) is 7.43. The minimum Gasteiger partial charge on any atom is -0.406 e. The molecule has 2 heterocycles. The molecule has 0 radical (unpaired) electrons. The second-order valence-corrected chi connectivity index (χ2v) is 10.8. The number of methoxy groups -OCH3 is 1. The summed E-state index contributed by atoms with van der Waals surface area (Å²) in [6.45, 7) is 1.61. The molecule has 10 nitrogen and oxygen atoms in total. The summed E-state index contributed by atoms with van der Waals surface area (Å²) in [6, 6.07) is 11.2. The van der Waals surface area contributed by atoms with Crippen molar-refractivity contribution < 1.29 is 49.8 Å². The van der Waals surface area contributed by atoms with Crippen LogP contribution in [0.15, 0.2) is 72.0 Å². The Morgan fingerprint density at radius 1 is 1.04 bits per heavy atom. The van der Waals surface area contributed by atoms with Crippen LogP contribution in [-0.4, -0.2) is 57.3 Å². The molecule has 47 heavy (non-hydrogen) atoms. The van der Waals surface area contributed by atoms with Gasteiger partial charge in [0.1, 0.15) is 17.9 Å². The molecule has 1 aliphatic heterocycles. The highest BCUT2D eigenvalue weighted by Crippen LogP contribution is 2.42. The molecule has 1 N–H and O–H groups in total. The van der Waals surface area contributed by atoms with Crippen molar-refractivity contribution in [3.05, 3.63) is 83.9 Å². The number of halogens is 7. The average Bonchev–Trinajstić information content (AvgIpc) is 3.61. The number of hydrogen-bond acceptors (Lipinski definition) is 7. The summed E-state index contributed by atoms with van der Waals surface area (Å²) in [5.41, 5.74) is 0.230. The smallest absolute Gasteiger partial charge is 0.406 e. The maximum atomic E-state index is 15.0. The number of urea groups is 1. The number of amidine groups is 1. The topological polar surface area (TPSA) is 111 Å². The first-order chi connectivity index (χ1) is 22.1. The predicted octanol–water partition coefficient (Wildman–Crippen LogP) is 7.20. The first-order valence-corrected chi connectivity index (χ1v) is 14.2. The Hall–Kier alpha value is -4.97. The lowest BCUT2D eigenvalue weighted by molar-refractivity contribution is -0.274. The lowest BCUT2D eigenvalue weighted by Gasteiger charge is -2.26. The number of carbonyl (C=O) groups is 2. The fourth-order valence-corrected chi connectivity index (χ4v) is 5.35. The average molecular weight is 683 g/mol. The van der Waals surface area contributed by atoms with Crippen LogP contribution in [-0.2, 0) is 9.53 Å². The molecule has 5 rings (SSSR count). The monoisotopic (exact) mass is 682 g/mol. The summed E-state index contributed by atoms with van der Waals surface area (Å²) >= 11 is 0.815. The molecule has 0 saturated carbocycles. The summed E-state index contributed by atoms with van der Waals surface area (Å²) in [6.07, 6.45) is -10.8. The normalized spacial score (nSPS) is 15.3. The first kappa shape index (κ1) is 33.4. The Kier molecular flexibility index (Phi) is 9.26. The third-order valence-electron chi connectivity index (χ3n) is 6.50. The van der Waals surface area contributed by atoms with Crippen LogP contribution in [0, 0.1) is 12.7 Å². The van der Waals surface area contributed by atoms with Gasteiger partial charge in [-0.05, 0) is 55.0 Å². The molecule has 3 amide bonds. The van der Waals surface area contributed by atoms with Crippen LogP contribution in [0.1, 0.15) is 17.2 Å². The van der Waals surface area contributed by atoms with Gasteiger partial charge in [0.25, 0.3) is 0 Å². The van der Waals surface area contributed by atoms with Crippen LogP contribution in [0.5, 0.6) is 5.75 Å². The molecular formula is C29H21F7N6O4S. The highest BCUT2D eigenvalue weighted by Gasteiger charge is 2.44. The molecule has 1 fully saturated rings. The number of benzene rings is 3. The number of amides is 3. The van der Waals surface area contributed by atoms with Crippen molar-refractivity contribution in [3.8, 4) is 22.8 Å². The van der Waals surface area contributed by atoms with E-state index < -0.39 is 42.1 Å². The molecule has 246 valence electrons. The standard InChI is InChI=1S/C29H21F7N6O4S/c1-15-3-9-19(24(45-2)28(31,32)33)22(11-15)42-23(43)13-47-27(42)39-26(44)38-21-10-6-17(12-20(21)30)41-14-37-25(40-41)16-4-7-18(8-5-16)46-29(34,35)36/h3-12,14,24H,13H2,1-2H3,(H,38,44). The zero-order chi connectivity index (χ0) is 34.1. The molecule has 1 aromatic heterocycles. The molecule has 1 saturated heterocycles. The van der Waals surface area contributed by atoms with Crippen molar-refractivity contribution in [2.24, 2.45) is 4.99 Å². The molecular weight excluding hydrogens is 661 g/mol. The summed E-state index contributed by atoms with van der Waals surface area (Å²) < 4.78 is 103. The van der Waals surface area contributed by atoms with Gasteiger partial charge in [-0.1, -0.05) is 23.9 Å². The van der Waals surface area contributed by atoms with Gasteiger partial charge in [-0.15, -0.1) is 18.3 Å². The van der Waals surface area contributed by atoms with Crippen LogP contribution >= 0.6 is 11.8 Å². The number of rotatable bonds is 7. The number of alkyl halides is 6. The van der Waals surface area contributed by atoms with E-state index in [-0.39, 0.29) is 39.4 Å². The number of aryl methyl sites for hydroxylation is 1. The van der Waals surface area contributed by atoms with Gasteiger partial charge in [-0.2, -0.15) is 18.2 Å². The van der Waals surface area contributed by atoms with Crippen LogP contribution in [0.2, 0.25) is 0 Å². The van der Waals surface area contributed by atoms with Crippen molar-refractivity contribution in [1.82, 2.24) is 14.8 Å². The highest BCUT2D eigenvalue weighted by atomic mass is 32.2. The number of aromatic nitrogens is 3. The number of thioether (sulfide) groups is 1. The second kappa shape index (κ2) is 13.0. The van der Waals surface area contributed by atoms with Crippen molar-refractivity contribution in [1.29, 1.82) is 0 Å². The van der Waals surface area contributed by atoms with Crippen molar-refractivity contribution in [3.63, 3.8) is 0 Å². The second-order valence-electron chi connectivity index (χ2n) is 9.81. The zero-order valence-corrected chi connectivity index (χ0v) is 24.9. The van der Waals surface area contributed by atoms with E-state index in [0.29, 0.717) is 11.1 Å². The van der Waals surface area contributed by atoms with E-state index in [2.05, 4.69) is 29.9 Å². The molecule has 0 bridgehead atoms. The molecule has 18 heteroatoms. The maximum absolute atomic E-state index is 15.0. The number of anilines is 2. The lowest BCUT2D eigenvalue weighted by Crippen LogP contribution is -2.33. The third kappa shape index (κ3) is 7.71. The fraction of sp³-hybridized carbons (Fsp3) is 0.207. The number of nitrogens with zero attached hydrogens (tertiary/aromatic N) is 5. The van der Waals surface area contributed by atoms with Gasteiger partial charge in [0.2, 0.25) is 5.91 Å². The zero-order valence-electron chi connectivity index (χ0n) is 24.1. The molecule has 0 spiro atoms. The van der Waals surface area contributed by atoms with E-state index in [1.54, 1.807) is 6.92 Å². The van der Waals surface area contributed by atoms with Crippen LogP contribution in [0.25, 0.3) is 17.1 Å². The van der Waals surface area contributed by atoms with E-state index >= 15 is 4.39 Å². The Labute approximate surface area is 265 Å². The van der Waals surface area contributed by atoms with E-state index in [0.717, 1.165) is 42.0 Å². The molecule has 3 aromatic carbocycles. The van der Waals surface area contributed by atoms with Crippen LogP contribution in [0.3, 0.4) is 0 Å². The number of aliphatic imine (C=N–C) groups is 1. The van der Waals surface area contributed by atoms with Crippen LogP contribution in [0.4, 0.5) is 46.9 Å². The number of ether oxygens (including phenoxy) is 2. The number of hydrogen-bond donors (Lipinski definition) is 1. The van der Waals surface area contributed by atoms with Crippen molar-refractivity contribution in [2.45, 2.75) is 25.6 Å². The Morgan fingerprint density at radius 2 is 1.77 bits per heavy atom. The summed E-state index contributed by atoms with van der Waals surface area (Å²) in [7, 11) is 0.880. The molecule has 4 aromatic rings. The molecule has 1 unspecified atom stereocenters. The van der Waals surface area contributed by atoms with Gasteiger partial charge in [0.15, 0.2) is 17.1 Å². The van der Waals surface area contributed by atoms with Crippen molar-refractivity contribution in [2.75, 3.05) is 23.1 Å². The van der Waals surface area contributed by atoms with Crippen molar-refractivity contribution >= 4 is 40.2 Å². The van der Waals surface area contributed by atoms with E-state index in [9.17, 15) is 35.9 Å². The quantitative estimate of drug-likeness (QED) is 0.205. The Morgan fingerprint density at radius 3 is 2.40 bits per heavy atom. The molecule has 1 aliphatic rings. The van der Waals surface area contributed by atoms with E-state index in [4.69, 9.17) is 0 Å². The largest absolute Gasteiger partial charge is 0.573 e. The minimum absolute atomic E-state index is 0.120. The van der Waals surface area contributed by atoms with Gasteiger partial charge < -0.3 is 14.8 Å². The number of nitrogens with one attached hydrogen (secondary N) is 1. The summed E-state index contributed by atoms with van der Waals surface area (Å²) in [5, 5.41) is 6.22. The Bertz CT molecular complexity index is 1840. The molecule has 1 atom stereocenters. The highest BCUT2D eigenvalue weighted by molar-refractivity contribution is 8.15.